The smallest absolute Gasteiger partial charge is 0.330 e. The van der Waals surface area contributed by atoms with Crippen LogP contribution in [-0.4, -0.2) is 22.0 Å². The zero-order chi connectivity index (χ0) is 26.4. The molecule has 4 N–H and O–H groups in total. The Balaban J connectivity index is 1.65. The lowest BCUT2D eigenvalue weighted by Gasteiger charge is -2.27. The summed E-state index contributed by atoms with van der Waals surface area (Å²) in [6.07, 6.45) is 1.60. The Morgan fingerprint density at radius 2 is 1.73 bits per heavy atom. The van der Waals surface area contributed by atoms with Gasteiger partial charge in [-0.3, -0.25) is 19.1 Å². The van der Waals surface area contributed by atoms with Gasteiger partial charge in [0, 0.05) is 13.1 Å². The van der Waals surface area contributed by atoms with Gasteiger partial charge < -0.3 is 16.0 Å². The number of nitrogen functional groups attached to an aromatic ring is 1. The van der Waals surface area contributed by atoms with E-state index in [1.165, 1.54) is 4.57 Å². The van der Waals surface area contributed by atoms with Crippen molar-refractivity contribution in [3.05, 3.63) is 105 Å². The molecule has 8 heteroatoms. The van der Waals surface area contributed by atoms with Gasteiger partial charge in [-0.25, -0.2) is 4.79 Å². The van der Waals surface area contributed by atoms with Crippen LogP contribution in [0.2, 0.25) is 0 Å². The molecule has 37 heavy (non-hydrogen) atoms. The van der Waals surface area contributed by atoms with Crippen molar-refractivity contribution in [2.45, 2.75) is 45.8 Å². The summed E-state index contributed by atoms with van der Waals surface area (Å²) < 4.78 is 1.37. The van der Waals surface area contributed by atoms with Gasteiger partial charge in [0.2, 0.25) is 5.91 Å². The van der Waals surface area contributed by atoms with Gasteiger partial charge in [-0.05, 0) is 35.2 Å². The van der Waals surface area contributed by atoms with Crippen LogP contribution in [-0.2, 0) is 17.9 Å². The number of carbonyl (C=O) groups excluding carboxylic acids is 1. The molecule has 1 unspecified atom stereocenters. The molecule has 0 saturated heterocycles. The molecule has 1 atom stereocenters. The first-order valence-electron chi connectivity index (χ1n) is 12.6. The molecule has 0 spiro atoms. The second-order valence-corrected chi connectivity index (χ2v) is 9.20. The van der Waals surface area contributed by atoms with Gasteiger partial charge in [0.1, 0.15) is 11.5 Å². The molecular formula is C29H33N5O3. The molecular weight excluding hydrogens is 466 g/mol. The summed E-state index contributed by atoms with van der Waals surface area (Å²) in [4.78, 5) is 42.8. The van der Waals surface area contributed by atoms with Crippen LogP contribution >= 0.6 is 0 Å². The minimum atomic E-state index is -0.610. The molecule has 0 bridgehead atoms. The topological polar surface area (TPSA) is 113 Å². The van der Waals surface area contributed by atoms with Crippen molar-refractivity contribution in [3.63, 3.8) is 0 Å². The van der Waals surface area contributed by atoms with Gasteiger partial charge in [0.05, 0.1) is 12.6 Å². The van der Waals surface area contributed by atoms with Crippen molar-refractivity contribution in [1.29, 1.82) is 0 Å². The first kappa shape index (κ1) is 25.8. The Morgan fingerprint density at radius 3 is 2.49 bits per heavy atom. The average Bonchev–Trinajstić information content (AvgIpc) is 2.88. The normalized spacial score (nSPS) is 11.8. The predicted octanol–water partition coefficient (Wildman–Crippen LogP) is 3.96. The molecule has 192 valence electrons. The number of hydrogen-bond donors (Lipinski definition) is 3. The number of nitrogens with zero attached hydrogens (tertiary/aromatic N) is 2. The highest BCUT2D eigenvalue weighted by atomic mass is 16.2. The van der Waals surface area contributed by atoms with Crippen LogP contribution in [0.5, 0.6) is 0 Å². The van der Waals surface area contributed by atoms with E-state index in [1.807, 2.05) is 86.6 Å². The maximum Gasteiger partial charge on any atom is 0.330 e. The summed E-state index contributed by atoms with van der Waals surface area (Å²) in [7, 11) is 0. The van der Waals surface area contributed by atoms with E-state index in [-0.39, 0.29) is 36.5 Å². The number of H-pyrrole nitrogens is 1. The van der Waals surface area contributed by atoms with Crippen molar-refractivity contribution in [2.75, 3.05) is 17.2 Å². The van der Waals surface area contributed by atoms with Gasteiger partial charge in [0.15, 0.2) is 0 Å². The Bertz CT molecular complexity index is 1490. The van der Waals surface area contributed by atoms with Crippen LogP contribution in [0.25, 0.3) is 10.8 Å². The maximum absolute atomic E-state index is 13.3. The predicted molar refractivity (Wildman–Crippen MR) is 149 cm³/mol. The largest absolute Gasteiger partial charge is 0.383 e. The molecule has 0 aliphatic heterocycles. The number of aromatic nitrogens is 2. The molecule has 3 aromatic carbocycles. The van der Waals surface area contributed by atoms with Crippen molar-refractivity contribution in [2.24, 2.45) is 0 Å². The summed E-state index contributed by atoms with van der Waals surface area (Å²) in [5, 5.41) is 5.24. The number of anilines is 2. The molecule has 0 fully saturated rings. The highest BCUT2D eigenvalue weighted by Gasteiger charge is 2.22. The Labute approximate surface area is 215 Å². The summed E-state index contributed by atoms with van der Waals surface area (Å²) in [6.45, 7) is 4.50. The highest BCUT2D eigenvalue weighted by molar-refractivity contribution is 5.87. The van der Waals surface area contributed by atoms with Crippen molar-refractivity contribution < 1.29 is 4.79 Å². The lowest BCUT2D eigenvalue weighted by Crippen LogP contribution is -2.43. The van der Waals surface area contributed by atoms with Crippen LogP contribution in [0.4, 0.5) is 11.5 Å². The Morgan fingerprint density at radius 1 is 1.03 bits per heavy atom. The molecule has 1 heterocycles. The number of nitrogens with one attached hydrogen (secondary N) is 2. The SMILES string of the molecule is CCCCn1c(N)c(N(CC(=O)NC(C)c2cccc3ccccc23)Cc2ccccc2)c(=O)[nH]c1=O. The zero-order valence-corrected chi connectivity index (χ0v) is 21.2. The fourth-order valence-corrected chi connectivity index (χ4v) is 4.61. The molecule has 0 radical (unpaired) electrons. The number of benzene rings is 3. The fourth-order valence-electron chi connectivity index (χ4n) is 4.61. The van der Waals surface area contributed by atoms with Gasteiger partial charge >= 0.3 is 5.69 Å². The van der Waals surface area contributed by atoms with E-state index < -0.39 is 11.2 Å². The van der Waals surface area contributed by atoms with E-state index in [1.54, 1.807) is 4.90 Å². The lowest BCUT2D eigenvalue weighted by atomic mass is 10.00. The first-order chi connectivity index (χ1) is 17.9. The minimum absolute atomic E-state index is 0.0630. The summed E-state index contributed by atoms with van der Waals surface area (Å²) in [5.41, 5.74) is 7.25. The third-order valence-electron chi connectivity index (χ3n) is 6.48. The number of carbonyl (C=O) groups is 1. The quantitative estimate of drug-likeness (QED) is 0.306. The fraction of sp³-hybridized carbons (Fsp3) is 0.276. The Kier molecular flexibility index (Phi) is 8.08. The number of unbranched alkanes of at least 4 members (excludes halogenated alkanes) is 1. The standard InChI is InChI=1S/C29H33N5O3/c1-3-4-17-34-27(30)26(28(36)32-29(34)37)33(18-21-11-6-5-7-12-21)19-25(35)31-20(2)23-16-10-14-22-13-8-9-15-24(22)23/h5-16,20H,3-4,17-19,30H2,1-2H3,(H,31,35)(H,32,36,37). The first-order valence-corrected chi connectivity index (χ1v) is 12.6. The van der Waals surface area contributed by atoms with E-state index in [0.717, 1.165) is 34.7 Å². The lowest BCUT2D eigenvalue weighted by molar-refractivity contribution is -0.120. The second kappa shape index (κ2) is 11.6. The van der Waals surface area contributed by atoms with Crippen LogP contribution in [0, 0.1) is 0 Å². The molecule has 4 rings (SSSR count). The van der Waals surface area contributed by atoms with Gasteiger partial charge in [-0.15, -0.1) is 0 Å². The van der Waals surface area contributed by atoms with E-state index in [4.69, 9.17) is 5.73 Å². The van der Waals surface area contributed by atoms with Crippen molar-refractivity contribution in [1.82, 2.24) is 14.9 Å². The number of fused-ring (bicyclic) bond motifs is 1. The van der Waals surface area contributed by atoms with Gasteiger partial charge in [0.25, 0.3) is 5.56 Å². The highest BCUT2D eigenvalue weighted by Crippen LogP contribution is 2.24. The van der Waals surface area contributed by atoms with Crippen molar-refractivity contribution >= 4 is 28.2 Å². The maximum atomic E-state index is 13.3. The molecule has 1 amide bonds. The van der Waals surface area contributed by atoms with Crippen LogP contribution in [0.3, 0.4) is 0 Å². The molecule has 0 aliphatic rings. The molecule has 4 aromatic rings. The Hall–Kier alpha value is -4.33. The molecule has 1 aromatic heterocycles. The van der Waals surface area contributed by atoms with Gasteiger partial charge in [-0.1, -0.05) is 86.1 Å². The number of rotatable bonds is 10. The average molecular weight is 500 g/mol. The number of aromatic amines is 1. The summed E-state index contributed by atoms with van der Waals surface area (Å²) in [5.74, 6) is -0.200. The van der Waals surface area contributed by atoms with Gasteiger partial charge in [-0.2, -0.15) is 0 Å². The number of hydrogen-bond acceptors (Lipinski definition) is 5. The molecule has 0 aliphatic carbocycles. The van der Waals surface area contributed by atoms with Crippen LogP contribution in [0.1, 0.15) is 43.9 Å². The van der Waals surface area contributed by atoms with E-state index in [9.17, 15) is 14.4 Å². The zero-order valence-electron chi connectivity index (χ0n) is 21.2. The molecule has 0 saturated carbocycles. The number of amides is 1. The van der Waals surface area contributed by atoms with E-state index in [0.29, 0.717) is 6.54 Å². The van der Waals surface area contributed by atoms with E-state index >= 15 is 0 Å². The summed E-state index contributed by atoms with van der Waals surface area (Å²) >= 11 is 0. The summed E-state index contributed by atoms with van der Waals surface area (Å²) in [6, 6.07) is 23.3. The van der Waals surface area contributed by atoms with Crippen LogP contribution in [0.15, 0.2) is 82.4 Å². The third kappa shape index (κ3) is 5.91. The molecule has 8 nitrogen and oxygen atoms in total. The third-order valence-corrected chi connectivity index (χ3v) is 6.48. The van der Waals surface area contributed by atoms with E-state index in [2.05, 4.69) is 10.3 Å². The van der Waals surface area contributed by atoms with Crippen LogP contribution < -0.4 is 27.2 Å². The second-order valence-electron chi connectivity index (χ2n) is 9.20. The minimum Gasteiger partial charge on any atom is -0.383 e. The monoisotopic (exact) mass is 499 g/mol. The van der Waals surface area contributed by atoms with Crippen molar-refractivity contribution in [3.8, 4) is 0 Å². The number of nitrogens with two attached hydrogens (primary N) is 1.